The molecule has 8 heteroatoms. The number of hydrogen-bond acceptors (Lipinski definition) is 7. The van der Waals surface area contributed by atoms with E-state index in [1.165, 1.54) is 11.6 Å². The second-order valence-electron chi connectivity index (χ2n) is 7.98. The van der Waals surface area contributed by atoms with E-state index in [-0.39, 0.29) is 6.10 Å². The quantitative estimate of drug-likeness (QED) is 0.373. The summed E-state index contributed by atoms with van der Waals surface area (Å²) in [6.07, 6.45) is 9.47. The number of hydrogen-bond donors (Lipinski definition) is 0. The van der Waals surface area contributed by atoms with Gasteiger partial charge in [0.05, 0.1) is 10.2 Å². The van der Waals surface area contributed by atoms with Crippen molar-refractivity contribution in [2.45, 2.75) is 38.7 Å². The van der Waals surface area contributed by atoms with Crippen LogP contribution in [0, 0.1) is 5.95 Å². The number of anilines is 1. The zero-order chi connectivity index (χ0) is 21.9. The third-order valence-electron chi connectivity index (χ3n) is 5.65. The van der Waals surface area contributed by atoms with Gasteiger partial charge in [-0.05, 0) is 41.8 Å². The first-order valence-electron chi connectivity index (χ1n) is 10.9. The van der Waals surface area contributed by atoms with Gasteiger partial charge in [-0.1, -0.05) is 30.7 Å². The Kier molecular flexibility index (Phi) is 5.94. The van der Waals surface area contributed by atoms with E-state index in [1.54, 1.807) is 23.6 Å². The van der Waals surface area contributed by atoms with E-state index in [1.807, 2.05) is 24.5 Å². The number of piperidine rings is 1. The van der Waals surface area contributed by atoms with Crippen molar-refractivity contribution in [1.82, 2.24) is 19.9 Å². The van der Waals surface area contributed by atoms with Gasteiger partial charge in [0.15, 0.2) is 0 Å². The number of fused-ring (bicyclic) bond motifs is 1. The summed E-state index contributed by atoms with van der Waals surface area (Å²) in [6.45, 7) is 3.89. The second-order valence-corrected chi connectivity index (χ2v) is 8.97. The molecule has 0 atom stereocenters. The molecule has 0 aliphatic carbocycles. The second kappa shape index (κ2) is 9.16. The molecule has 0 spiro atoms. The van der Waals surface area contributed by atoms with E-state index in [4.69, 9.17) is 4.74 Å². The molecular formula is C24H24FN5OS. The van der Waals surface area contributed by atoms with E-state index in [2.05, 4.69) is 37.8 Å². The van der Waals surface area contributed by atoms with Crippen LogP contribution in [0.1, 0.15) is 31.7 Å². The van der Waals surface area contributed by atoms with Crippen LogP contribution in [0.4, 0.5) is 10.3 Å². The maximum Gasteiger partial charge on any atom is 0.274 e. The van der Waals surface area contributed by atoms with Gasteiger partial charge in [0, 0.05) is 50.1 Å². The Bertz CT molecular complexity index is 1190. The highest BCUT2D eigenvalue weighted by Crippen LogP contribution is 2.33. The SMILES string of the molecule is CCCc1cnc(N2CCC(Oc3nc4ccc(-c5ccc(F)nc5)cc4s3)CC2)nc1. The molecule has 32 heavy (non-hydrogen) atoms. The van der Waals surface area contributed by atoms with Gasteiger partial charge in [-0.3, -0.25) is 0 Å². The average molecular weight is 450 g/mol. The molecule has 0 unspecified atom stereocenters. The first-order valence-corrected chi connectivity index (χ1v) is 11.7. The zero-order valence-corrected chi connectivity index (χ0v) is 18.7. The highest BCUT2D eigenvalue weighted by atomic mass is 32.1. The highest BCUT2D eigenvalue weighted by Gasteiger charge is 2.23. The van der Waals surface area contributed by atoms with Gasteiger partial charge in [0.1, 0.15) is 6.10 Å². The number of halogens is 1. The molecule has 0 N–H and O–H groups in total. The zero-order valence-electron chi connectivity index (χ0n) is 17.9. The molecule has 1 aliphatic heterocycles. The number of pyridine rings is 1. The third-order valence-corrected chi connectivity index (χ3v) is 6.56. The standard InChI is InChI=1S/C24H24FN5OS/c1-2-3-16-13-27-23(28-14-16)30-10-8-19(9-11-30)31-24-29-20-6-4-17(12-21(20)32-24)18-5-7-22(25)26-15-18/h4-7,12-15,19H,2-3,8-11H2,1H3. The van der Waals surface area contributed by atoms with E-state index in [9.17, 15) is 4.39 Å². The van der Waals surface area contributed by atoms with Gasteiger partial charge in [-0.15, -0.1) is 0 Å². The smallest absolute Gasteiger partial charge is 0.274 e. The fourth-order valence-corrected chi connectivity index (χ4v) is 4.85. The molecule has 6 nitrogen and oxygen atoms in total. The van der Waals surface area contributed by atoms with E-state index in [0.29, 0.717) is 5.19 Å². The summed E-state index contributed by atoms with van der Waals surface area (Å²) in [5, 5.41) is 0.688. The molecule has 0 bridgehead atoms. The van der Waals surface area contributed by atoms with Crippen molar-refractivity contribution in [2.75, 3.05) is 18.0 Å². The van der Waals surface area contributed by atoms with Crippen LogP contribution in [-0.4, -0.2) is 39.1 Å². The lowest BCUT2D eigenvalue weighted by atomic mass is 10.1. The average Bonchev–Trinajstić information content (AvgIpc) is 3.22. The molecule has 3 aromatic heterocycles. The minimum absolute atomic E-state index is 0.131. The van der Waals surface area contributed by atoms with Crippen LogP contribution in [0.2, 0.25) is 0 Å². The molecule has 164 valence electrons. The number of nitrogens with zero attached hydrogens (tertiary/aromatic N) is 5. The number of aromatic nitrogens is 4. The van der Waals surface area contributed by atoms with Gasteiger partial charge < -0.3 is 9.64 Å². The highest BCUT2D eigenvalue weighted by molar-refractivity contribution is 7.20. The van der Waals surface area contributed by atoms with Crippen molar-refractivity contribution in [3.05, 3.63) is 60.4 Å². The minimum Gasteiger partial charge on any atom is -0.467 e. The lowest BCUT2D eigenvalue weighted by Gasteiger charge is -2.31. The topological polar surface area (TPSA) is 64.0 Å². The molecule has 5 rings (SSSR count). The van der Waals surface area contributed by atoms with Gasteiger partial charge in [-0.2, -0.15) is 4.39 Å². The van der Waals surface area contributed by atoms with Crippen LogP contribution in [0.25, 0.3) is 21.3 Å². The summed E-state index contributed by atoms with van der Waals surface area (Å²) >= 11 is 1.54. The fraction of sp³-hybridized carbons (Fsp3) is 0.333. The molecule has 0 radical (unpaired) electrons. The maximum atomic E-state index is 13.1. The van der Waals surface area contributed by atoms with Crippen LogP contribution in [0.5, 0.6) is 5.19 Å². The van der Waals surface area contributed by atoms with Crippen LogP contribution >= 0.6 is 11.3 Å². The van der Waals surface area contributed by atoms with Crippen molar-refractivity contribution < 1.29 is 9.13 Å². The van der Waals surface area contributed by atoms with Crippen LogP contribution in [0.3, 0.4) is 0 Å². The molecule has 1 saturated heterocycles. The Morgan fingerprint density at radius 2 is 1.81 bits per heavy atom. The predicted molar refractivity (Wildman–Crippen MR) is 125 cm³/mol. The van der Waals surface area contributed by atoms with Crippen molar-refractivity contribution in [3.63, 3.8) is 0 Å². The minimum atomic E-state index is -0.477. The van der Waals surface area contributed by atoms with Crippen molar-refractivity contribution in [1.29, 1.82) is 0 Å². The summed E-state index contributed by atoms with van der Waals surface area (Å²) < 4.78 is 20.4. The van der Waals surface area contributed by atoms with Gasteiger partial charge in [-0.25, -0.2) is 19.9 Å². The van der Waals surface area contributed by atoms with Crippen LogP contribution in [0.15, 0.2) is 48.9 Å². The van der Waals surface area contributed by atoms with Crippen molar-refractivity contribution >= 4 is 27.5 Å². The molecule has 0 amide bonds. The Hall–Kier alpha value is -3.13. The summed E-state index contributed by atoms with van der Waals surface area (Å²) in [7, 11) is 0. The molecule has 4 heterocycles. The Balaban J connectivity index is 1.22. The van der Waals surface area contributed by atoms with E-state index >= 15 is 0 Å². The van der Waals surface area contributed by atoms with Crippen LogP contribution in [-0.2, 0) is 6.42 Å². The molecule has 0 saturated carbocycles. The number of rotatable bonds is 6. The molecule has 1 aliphatic rings. The monoisotopic (exact) mass is 449 g/mol. The number of benzene rings is 1. The number of ether oxygens (including phenoxy) is 1. The third kappa shape index (κ3) is 4.55. The lowest BCUT2D eigenvalue weighted by Crippen LogP contribution is -2.39. The Morgan fingerprint density at radius 3 is 2.53 bits per heavy atom. The maximum absolute atomic E-state index is 13.1. The van der Waals surface area contributed by atoms with E-state index in [0.717, 1.165) is 66.1 Å². The van der Waals surface area contributed by atoms with Gasteiger partial charge in [0.2, 0.25) is 11.9 Å². The fourth-order valence-electron chi connectivity index (χ4n) is 3.93. The van der Waals surface area contributed by atoms with Crippen molar-refractivity contribution in [3.8, 4) is 16.3 Å². The molecule has 1 fully saturated rings. The van der Waals surface area contributed by atoms with Gasteiger partial charge in [0.25, 0.3) is 5.19 Å². The first-order chi connectivity index (χ1) is 15.7. The van der Waals surface area contributed by atoms with Crippen molar-refractivity contribution in [2.24, 2.45) is 0 Å². The molecule has 1 aromatic carbocycles. The Morgan fingerprint density at radius 1 is 1.03 bits per heavy atom. The largest absolute Gasteiger partial charge is 0.467 e. The lowest BCUT2D eigenvalue weighted by molar-refractivity contribution is 0.170. The first kappa shape index (κ1) is 20.8. The molecule has 4 aromatic rings. The van der Waals surface area contributed by atoms with Crippen LogP contribution < -0.4 is 9.64 Å². The number of aryl methyl sites for hydroxylation is 1. The predicted octanol–water partition coefficient (Wildman–Crippen LogP) is 5.29. The summed E-state index contributed by atoms with van der Waals surface area (Å²) in [5.41, 5.74) is 3.95. The number of thiazole rings is 1. The van der Waals surface area contributed by atoms with Gasteiger partial charge >= 0.3 is 0 Å². The summed E-state index contributed by atoms with van der Waals surface area (Å²) in [5.74, 6) is 0.320. The summed E-state index contributed by atoms with van der Waals surface area (Å²) in [4.78, 5) is 19.7. The normalized spacial score (nSPS) is 14.8. The van der Waals surface area contributed by atoms with E-state index < -0.39 is 5.95 Å². The molecular weight excluding hydrogens is 425 g/mol. The summed E-state index contributed by atoms with van der Waals surface area (Å²) in [6, 6.07) is 9.11. The Labute approximate surface area is 190 Å².